The van der Waals surface area contributed by atoms with Gasteiger partial charge in [-0.2, -0.15) is 0 Å². The molecule has 0 aliphatic carbocycles. The third kappa shape index (κ3) is 6.08. The molecule has 1 aliphatic heterocycles. The molecule has 27 heavy (non-hydrogen) atoms. The van der Waals surface area contributed by atoms with Crippen LogP contribution in [-0.2, 0) is 19.2 Å². The van der Waals surface area contributed by atoms with Gasteiger partial charge in [0.15, 0.2) is 0 Å². The molecule has 0 radical (unpaired) electrons. The predicted octanol–water partition coefficient (Wildman–Crippen LogP) is 0.289. The van der Waals surface area contributed by atoms with Gasteiger partial charge in [-0.3, -0.25) is 19.2 Å². The number of nitrogens with one attached hydrogen (secondary N) is 2. The van der Waals surface area contributed by atoms with Crippen LogP contribution in [0.15, 0.2) is 11.6 Å². The van der Waals surface area contributed by atoms with Crippen LogP contribution in [0.2, 0.25) is 0 Å². The Morgan fingerprint density at radius 1 is 1.30 bits per heavy atom. The number of hydrogen-bond acceptors (Lipinski definition) is 4. The van der Waals surface area contributed by atoms with Gasteiger partial charge in [-0.25, -0.2) is 0 Å². The van der Waals surface area contributed by atoms with Crippen molar-refractivity contribution in [2.24, 2.45) is 5.92 Å². The van der Waals surface area contributed by atoms with Crippen molar-refractivity contribution >= 4 is 24.1 Å². The zero-order chi connectivity index (χ0) is 20.6. The van der Waals surface area contributed by atoms with Gasteiger partial charge in [0.05, 0.1) is 12.6 Å². The van der Waals surface area contributed by atoms with E-state index in [1.807, 2.05) is 20.8 Å². The van der Waals surface area contributed by atoms with Gasteiger partial charge >= 0.3 is 0 Å². The maximum atomic E-state index is 12.9. The standard InChI is InChI=1S/C19H32N4O4/c1-6-21-18(26)15-8-7-9-23(15)19(27)14(4)10-16(13(2)3)22(5)17(25)11-20-12-24/h10,12-13,15-16H,6-9,11H2,1-5H3,(H,20,24)(H,21,26)/b14-10+/t15-,16?/m0/s1. The maximum absolute atomic E-state index is 12.9. The summed E-state index contributed by atoms with van der Waals surface area (Å²) in [7, 11) is 1.65. The summed E-state index contributed by atoms with van der Waals surface area (Å²) in [6.07, 6.45) is 3.72. The molecule has 0 spiro atoms. The minimum absolute atomic E-state index is 0.0793. The first-order chi connectivity index (χ1) is 12.7. The summed E-state index contributed by atoms with van der Waals surface area (Å²) in [5.41, 5.74) is 0.507. The van der Waals surface area contributed by atoms with Crippen molar-refractivity contribution in [3.8, 4) is 0 Å². The first-order valence-corrected chi connectivity index (χ1v) is 9.44. The van der Waals surface area contributed by atoms with Crippen molar-refractivity contribution in [3.05, 3.63) is 11.6 Å². The molecule has 2 N–H and O–H groups in total. The van der Waals surface area contributed by atoms with E-state index in [4.69, 9.17) is 0 Å². The van der Waals surface area contributed by atoms with Crippen molar-refractivity contribution in [3.63, 3.8) is 0 Å². The lowest BCUT2D eigenvalue weighted by Crippen LogP contribution is -2.47. The van der Waals surface area contributed by atoms with Gasteiger partial charge in [-0.15, -0.1) is 0 Å². The number of carbonyl (C=O) groups is 4. The highest BCUT2D eigenvalue weighted by Crippen LogP contribution is 2.21. The maximum Gasteiger partial charge on any atom is 0.249 e. The lowest BCUT2D eigenvalue weighted by Gasteiger charge is -2.30. The van der Waals surface area contributed by atoms with Crippen molar-refractivity contribution in [2.45, 2.75) is 52.6 Å². The summed E-state index contributed by atoms with van der Waals surface area (Å²) in [5.74, 6) is -0.459. The van der Waals surface area contributed by atoms with Gasteiger partial charge in [-0.1, -0.05) is 19.9 Å². The van der Waals surface area contributed by atoms with Crippen LogP contribution in [0, 0.1) is 5.92 Å². The highest BCUT2D eigenvalue weighted by Gasteiger charge is 2.34. The largest absolute Gasteiger partial charge is 0.355 e. The molecule has 4 amide bonds. The number of hydrogen-bond donors (Lipinski definition) is 2. The molecule has 8 heteroatoms. The smallest absolute Gasteiger partial charge is 0.249 e. The van der Waals surface area contributed by atoms with Crippen LogP contribution in [0.5, 0.6) is 0 Å². The second-order valence-electron chi connectivity index (χ2n) is 7.14. The van der Waals surface area contributed by atoms with Crippen molar-refractivity contribution in [1.29, 1.82) is 0 Å². The molecular formula is C19H32N4O4. The van der Waals surface area contributed by atoms with Crippen LogP contribution >= 0.6 is 0 Å². The van der Waals surface area contributed by atoms with Crippen molar-refractivity contribution in [1.82, 2.24) is 20.4 Å². The molecule has 0 aromatic heterocycles. The van der Waals surface area contributed by atoms with Gasteiger partial charge in [0.25, 0.3) is 0 Å². The second-order valence-corrected chi connectivity index (χ2v) is 7.14. The Labute approximate surface area is 161 Å². The van der Waals surface area contributed by atoms with Crippen LogP contribution < -0.4 is 10.6 Å². The van der Waals surface area contributed by atoms with Crippen molar-refractivity contribution in [2.75, 3.05) is 26.7 Å². The Morgan fingerprint density at radius 3 is 2.52 bits per heavy atom. The van der Waals surface area contributed by atoms with E-state index in [0.717, 1.165) is 6.42 Å². The topological polar surface area (TPSA) is 98.8 Å². The molecule has 2 atom stereocenters. The van der Waals surface area contributed by atoms with Gasteiger partial charge in [0.1, 0.15) is 6.04 Å². The number of rotatable bonds is 9. The Hall–Kier alpha value is -2.38. The van der Waals surface area contributed by atoms with E-state index >= 15 is 0 Å². The van der Waals surface area contributed by atoms with E-state index in [-0.39, 0.29) is 36.2 Å². The minimum atomic E-state index is -0.436. The predicted molar refractivity (Wildman–Crippen MR) is 103 cm³/mol. The third-order valence-corrected chi connectivity index (χ3v) is 4.79. The Bertz CT molecular complexity index is 588. The van der Waals surface area contributed by atoms with E-state index in [1.54, 1.807) is 24.9 Å². The molecule has 1 heterocycles. The monoisotopic (exact) mass is 380 g/mol. The Balaban J connectivity index is 2.94. The third-order valence-electron chi connectivity index (χ3n) is 4.79. The van der Waals surface area contributed by atoms with E-state index < -0.39 is 6.04 Å². The molecule has 0 aromatic rings. The van der Waals surface area contributed by atoms with Crippen molar-refractivity contribution < 1.29 is 19.2 Å². The van der Waals surface area contributed by atoms with E-state index in [1.165, 1.54) is 4.90 Å². The number of nitrogens with zero attached hydrogens (tertiary/aromatic N) is 2. The van der Waals surface area contributed by atoms with Gasteiger partial charge in [0, 0.05) is 25.7 Å². The van der Waals surface area contributed by atoms with E-state index in [2.05, 4.69) is 10.6 Å². The molecule has 0 saturated carbocycles. The molecule has 1 saturated heterocycles. The first kappa shape index (κ1) is 22.7. The van der Waals surface area contributed by atoms with Gasteiger partial charge in [0.2, 0.25) is 24.1 Å². The quantitative estimate of drug-likeness (QED) is 0.444. The summed E-state index contributed by atoms with van der Waals surface area (Å²) in [6.45, 7) is 8.48. The number of carbonyl (C=O) groups excluding carboxylic acids is 4. The lowest BCUT2D eigenvalue weighted by molar-refractivity contribution is -0.135. The second kappa shape index (κ2) is 10.7. The number of likely N-dealkylation sites (N-methyl/N-ethyl adjacent to an activating group) is 2. The van der Waals surface area contributed by atoms with Crippen LogP contribution in [0.25, 0.3) is 0 Å². The molecule has 1 rings (SSSR count). The fraction of sp³-hybridized carbons (Fsp3) is 0.684. The lowest BCUT2D eigenvalue weighted by atomic mass is 9.99. The molecule has 8 nitrogen and oxygen atoms in total. The van der Waals surface area contributed by atoms with E-state index in [9.17, 15) is 19.2 Å². The number of amides is 4. The average Bonchev–Trinajstić information content (AvgIpc) is 3.12. The van der Waals surface area contributed by atoms with Crippen LogP contribution in [0.1, 0.15) is 40.5 Å². The summed E-state index contributed by atoms with van der Waals surface area (Å²) < 4.78 is 0. The van der Waals surface area contributed by atoms with Gasteiger partial charge in [-0.05, 0) is 32.6 Å². The molecule has 1 aliphatic rings. The van der Waals surface area contributed by atoms with E-state index in [0.29, 0.717) is 31.5 Å². The summed E-state index contributed by atoms with van der Waals surface area (Å²) in [4.78, 5) is 50.8. The van der Waals surface area contributed by atoms with Gasteiger partial charge < -0.3 is 20.4 Å². The first-order valence-electron chi connectivity index (χ1n) is 9.44. The zero-order valence-corrected chi connectivity index (χ0v) is 16.9. The summed E-state index contributed by atoms with van der Waals surface area (Å²) in [6, 6.07) is -0.727. The normalized spacial score (nSPS) is 18.2. The van der Waals surface area contributed by atoms with Crippen LogP contribution in [0.4, 0.5) is 0 Å². The SMILES string of the molecule is CCNC(=O)[C@@H]1CCCN1C(=O)/C(C)=C/C(C(C)C)N(C)C(=O)CNC=O. The van der Waals surface area contributed by atoms with Crippen LogP contribution in [0.3, 0.4) is 0 Å². The molecule has 152 valence electrons. The minimum Gasteiger partial charge on any atom is -0.355 e. The molecule has 1 fully saturated rings. The molecular weight excluding hydrogens is 348 g/mol. The zero-order valence-electron chi connectivity index (χ0n) is 16.9. The fourth-order valence-electron chi connectivity index (χ4n) is 3.30. The average molecular weight is 380 g/mol. The summed E-state index contributed by atoms with van der Waals surface area (Å²) in [5, 5.41) is 5.14. The highest BCUT2D eigenvalue weighted by molar-refractivity contribution is 5.97. The summed E-state index contributed by atoms with van der Waals surface area (Å²) >= 11 is 0. The van der Waals surface area contributed by atoms with Crippen LogP contribution in [-0.4, -0.2) is 72.7 Å². The molecule has 0 aromatic carbocycles. The Morgan fingerprint density at radius 2 is 1.96 bits per heavy atom. The highest BCUT2D eigenvalue weighted by atomic mass is 16.2. The Kier molecular flexibility index (Phi) is 8.97. The molecule has 1 unspecified atom stereocenters. The molecule has 0 bridgehead atoms. The number of likely N-dealkylation sites (tertiary alicyclic amines) is 1. The fourth-order valence-corrected chi connectivity index (χ4v) is 3.30.